The van der Waals surface area contributed by atoms with Crippen molar-refractivity contribution in [2.24, 2.45) is 4.99 Å². The summed E-state index contributed by atoms with van der Waals surface area (Å²) in [5.41, 5.74) is 1.12. The van der Waals surface area contributed by atoms with Gasteiger partial charge in [0.15, 0.2) is 5.96 Å². The maximum absolute atomic E-state index is 5.68. The molecule has 2 N–H and O–H groups in total. The lowest BCUT2D eigenvalue weighted by molar-refractivity contribution is 0.358. The lowest BCUT2D eigenvalue weighted by Gasteiger charge is -2.25. The zero-order valence-electron chi connectivity index (χ0n) is 13.9. The first-order chi connectivity index (χ1) is 10.8. The monoisotopic (exact) mass is 429 g/mol. The Morgan fingerprint density at radius 3 is 2.74 bits per heavy atom. The Balaban J connectivity index is 0.00000264. The van der Waals surface area contributed by atoms with Crippen molar-refractivity contribution in [1.29, 1.82) is 0 Å². The van der Waals surface area contributed by atoms with Crippen LogP contribution in [0.2, 0.25) is 0 Å². The number of rotatable bonds is 6. The fourth-order valence-electron chi connectivity index (χ4n) is 2.75. The number of halogens is 1. The van der Waals surface area contributed by atoms with Gasteiger partial charge in [0.25, 0.3) is 0 Å². The Labute approximate surface area is 156 Å². The second kappa shape index (κ2) is 11.3. The average Bonchev–Trinajstić information content (AvgIpc) is 2.58. The highest BCUT2D eigenvalue weighted by atomic mass is 127. The van der Waals surface area contributed by atoms with E-state index in [-0.39, 0.29) is 24.0 Å². The lowest BCUT2D eigenvalue weighted by atomic mass is 9.96. The molecule has 4 nitrogen and oxygen atoms in total. The van der Waals surface area contributed by atoms with E-state index in [2.05, 4.69) is 28.3 Å². The van der Waals surface area contributed by atoms with E-state index in [1.165, 1.54) is 32.1 Å². The molecule has 0 radical (unpaired) electrons. The molecule has 128 valence electrons. The van der Waals surface area contributed by atoms with E-state index >= 15 is 0 Å². The predicted molar refractivity (Wildman–Crippen MR) is 108 cm³/mol. The van der Waals surface area contributed by atoms with E-state index in [9.17, 15) is 0 Å². The van der Waals surface area contributed by atoms with Crippen LogP contribution in [-0.2, 0) is 6.54 Å². The van der Waals surface area contributed by atoms with Gasteiger partial charge in [-0.2, -0.15) is 0 Å². The quantitative estimate of drug-likeness (QED) is 0.313. The van der Waals surface area contributed by atoms with Gasteiger partial charge in [-0.25, -0.2) is 0 Å². The average molecular weight is 429 g/mol. The maximum Gasteiger partial charge on any atom is 0.191 e. The predicted octanol–water partition coefficient (Wildman–Crippen LogP) is 3.87. The molecular formula is C18H28IN3O. The van der Waals surface area contributed by atoms with Crippen LogP contribution in [0.3, 0.4) is 0 Å². The first kappa shape index (κ1) is 19.8. The number of benzene rings is 1. The van der Waals surface area contributed by atoms with Crippen LogP contribution in [0.15, 0.2) is 41.9 Å². The van der Waals surface area contributed by atoms with Crippen LogP contribution in [0.5, 0.6) is 5.75 Å². The van der Waals surface area contributed by atoms with E-state index in [0.29, 0.717) is 19.2 Å². The molecule has 0 aliphatic heterocycles. The topological polar surface area (TPSA) is 45.6 Å². The van der Waals surface area contributed by atoms with Gasteiger partial charge in [-0.1, -0.05) is 50.1 Å². The van der Waals surface area contributed by atoms with Crippen LogP contribution < -0.4 is 15.4 Å². The Morgan fingerprint density at radius 2 is 2.04 bits per heavy atom. The van der Waals surface area contributed by atoms with Gasteiger partial charge in [-0.05, 0) is 18.9 Å². The van der Waals surface area contributed by atoms with Crippen molar-refractivity contribution in [1.82, 2.24) is 10.6 Å². The van der Waals surface area contributed by atoms with E-state index < -0.39 is 0 Å². The minimum Gasteiger partial charge on any atom is -0.489 e. The van der Waals surface area contributed by atoms with Crippen molar-refractivity contribution in [2.75, 3.05) is 13.7 Å². The van der Waals surface area contributed by atoms with E-state index in [4.69, 9.17) is 4.74 Å². The van der Waals surface area contributed by atoms with Crippen molar-refractivity contribution in [2.45, 2.75) is 44.7 Å². The second-order valence-corrected chi connectivity index (χ2v) is 5.61. The van der Waals surface area contributed by atoms with Crippen molar-refractivity contribution < 1.29 is 4.74 Å². The molecule has 1 aromatic rings. The zero-order chi connectivity index (χ0) is 15.6. The number of hydrogen-bond donors (Lipinski definition) is 2. The highest BCUT2D eigenvalue weighted by Crippen LogP contribution is 2.18. The van der Waals surface area contributed by atoms with Gasteiger partial charge in [0.05, 0.1) is 0 Å². The largest absolute Gasteiger partial charge is 0.489 e. The summed E-state index contributed by atoms with van der Waals surface area (Å²) >= 11 is 0. The van der Waals surface area contributed by atoms with Gasteiger partial charge in [0, 0.05) is 25.2 Å². The number of aliphatic imine (C=N–C) groups is 1. The molecule has 0 bridgehead atoms. The Morgan fingerprint density at radius 1 is 1.30 bits per heavy atom. The van der Waals surface area contributed by atoms with Gasteiger partial charge < -0.3 is 15.4 Å². The summed E-state index contributed by atoms with van der Waals surface area (Å²) in [5, 5.41) is 6.90. The van der Waals surface area contributed by atoms with Crippen LogP contribution in [0.1, 0.15) is 37.7 Å². The van der Waals surface area contributed by atoms with Gasteiger partial charge in [-0.15, -0.1) is 24.0 Å². The molecule has 0 unspecified atom stereocenters. The van der Waals surface area contributed by atoms with E-state index in [1.54, 1.807) is 6.08 Å². The third-order valence-corrected chi connectivity index (χ3v) is 3.95. The molecule has 1 fully saturated rings. The molecule has 0 heterocycles. The summed E-state index contributed by atoms with van der Waals surface area (Å²) in [6, 6.07) is 8.61. The SMILES string of the molecule is C=CCOc1ccccc1CNC(=NC)NC1CCCCC1.I. The Hall–Kier alpha value is -1.24. The minimum atomic E-state index is 0. The fraction of sp³-hybridized carbons (Fsp3) is 0.500. The molecule has 1 aromatic carbocycles. The number of guanidine groups is 1. The van der Waals surface area contributed by atoms with Gasteiger partial charge in [0.2, 0.25) is 0 Å². The molecule has 5 heteroatoms. The smallest absolute Gasteiger partial charge is 0.191 e. The number of hydrogen-bond acceptors (Lipinski definition) is 2. The molecule has 0 aromatic heterocycles. The molecule has 0 amide bonds. The van der Waals surface area contributed by atoms with Crippen molar-refractivity contribution in [3.63, 3.8) is 0 Å². The Kier molecular flexibility index (Phi) is 9.75. The molecule has 0 spiro atoms. The summed E-state index contributed by atoms with van der Waals surface area (Å²) in [5.74, 6) is 1.76. The molecule has 0 atom stereocenters. The van der Waals surface area contributed by atoms with Crippen LogP contribution in [0.25, 0.3) is 0 Å². The van der Waals surface area contributed by atoms with Crippen LogP contribution in [0.4, 0.5) is 0 Å². The van der Waals surface area contributed by atoms with Crippen LogP contribution >= 0.6 is 24.0 Å². The first-order valence-corrected chi connectivity index (χ1v) is 8.12. The minimum absolute atomic E-state index is 0. The lowest BCUT2D eigenvalue weighted by Crippen LogP contribution is -2.43. The third kappa shape index (κ3) is 6.81. The molecular weight excluding hydrogens is 401 g/mol. The highest BCUT2D eigenvalue weighted by Gasteiger charge is 2.14. The van der Waals surface area contributed by atoms with Crippen LogP contribution in [0, 0.1) is 0 Å². The molecule has 1 aliphatic carbocycles. The Bertz CT molecular complexity index is 499. The van der Waals surface area contributed by atoms with Crippen molar-refractivity contribution >= 4 is 29.9 Å². The summed E-state index contributed by atoms with van der Waals surface area (Å²) in [6.45, 7) is 4.90. The molecule has 1 aliphatic rings. The van der Waals surface area contributed by atoms with Crippen molar-refractivity contribution in [3.8, 4) is 5.75 Å². The number of nitrogens with zero attached hydrogens (tertiary/aromatic N) is 1. The second-order valence-electron chi connectivity index (χ2n) is 5.61. The third-order valence-electron chi connectivity index (χ3n) is 3.95. The molecule has 1 saturated carbocycles. The summed E-state index contributed by atoms with van der Waals surface area (Å²) < 4.78 is 5.68. The number of nitrogens with one attached hydrogen (secondary N) is 2. The summed E-state index contributed by atoms with van der Waals surface area (Å²) in [4.78, 5) is 4.33. The summed E-state index contributed by atoms with van der Waals surface area (Å²) in [6.07, 6.45) is 8.21. The standard InChI is InChI=1S/C18H27N3O.HI/c1-3-13-22-17-12-8-7-9-15(17)14-20-18(19-2)21-16-10-5-4-6-11-16;/h3,7-9,12,16H,1,4-6,10-11,13-14H2,2H3,(H2,19,20,21);1H. The molecule has 23 heavy (non-hydrogen) atoms. The van der Waals surface area contributed by atoms with Crippen LogP contribution in [-0.4, -0.2) is 25.7 Å². The highest BCUT2D eigenvalue weighted by molar-refractivity contribution is 14.0. The number of para-hydroxylation sites is 1. The van der Waals surface area contributed by atoms with E-state index in [1.807, 2.05) is 25.2 Å². The first-order valence-electron chi connectivity index (χ1n) is 8.12. The van der Waals surface area contributed by atoms with E-state index in [0.717, 1.165) is 17.3 Å². The van der Waals surface area contributed by atoms with Gasteiger partial charge in [0.1, 0.15) is 12.4 Å². The fourth-order valence-corrected chi connectivity index (χ4v) is 2.75. The van der Waals surface area contributed by atoms with Gasteiger partial charge >= 0.3 is 0 Å². The van der Waals surface area contributed by atoms with Gasteiger partial charge in [-0.3, -0.25) is 4.99 Å². The summed E-state index contributed by atoms with van der Waals surface area (Å²) in [7, 11) is 1.82. The molecule has 0 saturated heterocycles. The number of ether oxygens (including phenoxy) is 1. The maximum atomic E-state index is 5.68. The zero-order valence-corrected chi connectivity index (χ0v) is 16.2. The normalized spacial score (nSPS) is 15.4. The van der Waals surface area contributed by atoms with Crippen molar-refractivity contribution in [3.05, 3.63) is 42.5 Å². The molecule has 2 rings (SSSR count).